The Bertz CT molecular complexity index is 1220. The second kappa shape index (κ2) is 9.03. The van der Waals surface area contributed by atoms with E-state index < -0.39 is 6.04 Å². The van der Waals surface area contributed by atoms with Gasteiger partial charge in [-0.1, -0.05) is 43.0 Å². The summed E-state index contributed by atoms with van der Waals surface area (Å²) < 4.78 is 2.09. The van der Waals surface area contributed by atoms with Gasteiger partial charge in [0, 0.05) is 27.1 Å². The predicted octanol–water partition coefficient (Wildman–Crippen LogP) is 5.64. The lowest BCUT2D eigenvalue weighted by atomic mass is 9.95. The molecule has 2 aliphatic rings. The van der Waals surface area contributed by atoms with Crippen molar-refractivity contribution in [3.63, 3.8) is 0 Å². The van der Waals surface area contributed by atoms with Crippen LogP contribution in [0.4, 0.5) is 0 Å². The summed E-state index contributed by atoms with van der Waals surface area (Å²) in [5, 5.41) is 13.8. The van der Waals surface area contributed by atoms with Crippen LogP contribution in [0.2, 0.25) is 5.02 Å². The Morgan fingerprint density at radius 3 is 2.58 bits per heavy atom. The van der Waals surface area contributed by atoms with E-state index >= 15 is 0 Å². The largest absolute Gasteiger partial charge is 0.353 e. The number of fused-ring (bicyclic) bond motifs is 3. The van der Waals surface area contributed by atoms with Crippen molar-refractivity contribution in [2.75, 3.05) is 0 Å². The Balaban J connectivity index is 1.59. The van der Waals surface area contributed by atoms with E-state index in [0.29, 0.717) is 5.02 Å². The number of benzene rings is 1. The third-order valence-corrected chi connectivity index (χ3v) is 8.15. The maximum Gasteiger partial charge on any atom is 0.222 e. The monoisotopic (exact) mass is 481 g/mol. The van der Waals surface area contributed by atoms with Crippen molar-refractivity contribution >= 4 is 34.6 Å². The summed E-state index contributed by atoms with van der Waals surface area (Å²) in [5.74, 6) is 1.55. The van der Waals surface area contributed by atoms with Crippen molar-refractivity contribution in [3.05, 3.63) is 62.5 Å². The summed E-state index contributed by atoms with van der Waals surface area (Å²) in [6.07, 6.45) is 5.98. The second-order valence-corrected chi connectivity index (χ2v) is 10.7. The summed E-state index contributed by atoms with van der Waals surface area (Å²) in [7, 11) is 0. The molecule has 1 unspecified atom stereocenters. The fourth-order valence-electron chi connectivity index (χ4n) is 4.84. The van der Waals surface area contributed by atoms with Crippen LogP contribution in [-0.2, 0) is 4.79 Å². The van der Waals surface area contributed by atoms with Crippen molar-refractivity contribution < 1.29 is 4.79 Å². The summed E-state index contributed by atoms with van der Waals surface area (Å²) in [4.78, 5) is 19.5. The molecule has 6 nitrogen and oxygen atoms in total. The second-order valence-electron chi connectivity index (χ2n) is 9.01. The molecule has 1 fully saturated rings. The van der Waals surface area contributed by atoms with Crippen molar-refractivity contribution in [2.24, 2.45) is 4.99 Å². The summed E-state index contributed by atoms with van der Waals surface area (Å²) >= 11 is 7.89. The summed E-state index contributed by atoms with van der Waals surface area (Å²) in [6.45, 7) is 6.21. The topological polar surface area (TPSA) is 72.2 Å². The van der Waals surface area contributed by atoms with Crippen LogP contribution in [0.25, 0.3) is 5.00 Å². The fraction of sp³-hybridized carbons (Fsp3) is 0.440. The number of halogens is 1. The van der Waals surface area contributed by atoms with Crippen molar-refractivity contribution in [1.29, 1.82) is 0 Å². The maximum atomic E-state index is 13.1. The molecule has 1 amide bonds. The zero-order chi connectivity index (χ0) is 23.1. The molecule has 1 saturated carbocycles. The lowest BCUT2D eigenvalue weighted by Crippen LogP contribution is -2.36. The number of nitrogens with zero attached hydrogens (tertiary/aromatic N) is 4. The SMILES string of the molecule is Cc1sc2c(c1C)C(c1ccc(Cl)cc1)=NC(CC(=O)NC1CCCCC1)c1nnc(C)n1-2. The summed E-state index contributed by atoms with van der Waals surface area (Å²) in [6, 6.07) is 7.61. The Kier molecular flexibility index (Phi) is 6.10. The number of thiophene rings is 1. The first-order valence-electron chi connectivity index (χ1n) is 11.6. The predicted molar refractivity (Wildman–Crippen MR) is 133 cm³/mol. The highest BCUT2D eigenvalue weighted by atomic mass is 35.5. The molecule has 33 heavy (non-hydrogen) atoms. The van der Waals surface area contributed by atoms with E-state index in [4.69, 9.17) is 16.6 Å². The van der Waals surface area contributed by atoms with Crippen LogP contribution in [0.5, 0.6) is 0 Å². The molecule has 0 spiro atoms. The van der Waals surface area contributed by atoms with Crippen molar-refractivity contribution in [3.8, 4) is 5.00 Å². The molecule has 3 heterocycles. The highest BCUT2D eigenvalue weighted by molar-refractivity contribution is 7.15. The molecule has 3 aromatic rings. The molecule has 0 bridgehead atoms. The zero-order valence-electron chi connectivity index (χ0n) is 19.2. The van der Waals surface area contributed by atoms with Crippen LogP contribution in [0, 0.1) is 20.8 Å². The molecule has 0 radical (unpaired) electrons. The number of aliphatic imine (C=N–C) groups is 1. The minimum Gasteiger partial charge on any atom is -0.353 e. The van der Waals surface area contributed by atoms with Gasteiger partial charge >= 0.3 is 0 Å². The third kappa shape index (κ3) is 4.24. The van der Waals surface area contributed by atoms with E-state index in [0.717, 1.165) is 46.3 Å². The van der Waals surface area contributed by atoms with Crippen LogP contribution >= 0.6 is 22.9 Å². The van der Waals surface area contributed by atoms with Gasteiger partial charge < -0.3 is 5.32 Å². The molecule has 172 valence electrons. The molecule has 2 aromatic heterocycles. The number of amides is 1. The normalized spacial score (nSPS) is 18.3. The first-order chi connectivity index (χ1) is 15.9. The van der Waals surface area contributed by atoms with Gasteiger partial charge in [0.05, 0.1) is 12.1 Å². The number of hydrogen-bond acceptors (Lipinski definition) is 5. The van der Waals surface area contributed by atoms with E-state index in [1.165, 1.54) is 29.7 Å². The van der Waals surface area contributed by atoms with E-state index in [9.17, 15) is 4.79 Å². The van der Waals surface area contributed by atoms with E-state index in [-0.39, 0.29) is 18.4 Å². The molecule has 8 heteroatoms. The van der Waals surface area contributed by atoms with Gasteiger partial charge in [0.1, 0.15) is 16.9 Å². The Labute approximate surface area is 203 Å². The van der Waals surface area contributed by atoms with Crippen molar-refractivity contribution in [2.45, 2.75) is 71.4 Å². The van der Waals surface area contributed by atoms with E-state index in [2.05, 4.69) is 33.9 Å². The van der Waals surface area contributed by atoms with Gasteiger partial charge in [-0.2, -0.15) is 0 Å². The first-order valence-corrected chi connectivity index (χ1v) is 12.8. The molecule has 1 aliphatic carbocycles. The molecule has 1 N–H and O–H groups in total. The lowest BCUT2D eigenvalue weighted by molar-refractivity contribution is -0.122. The van der Waals surface area contributed by atoms with Gasteiger partial charge in [-0.3, -0.25) is 14.4 Å². The van der Waals surface area contributed by atoms with Gasteiger partial charge in [0.25, 0.3) is 0 Å². The lowest BCUT2D eigenvalue weighted by Gasteiger charge is -2.23. The number of hydrogen-bond donors (Lipinski definition) is 1. The van der Waals surface area contributed by atoms with Crippen LogP contribution in [0.1, 0.15) is 77.8 Å². The Hall–Kier alpha value is -2.51. The minimum atomic E-state index is -0.417. The van der Waals surface area contributed by atoms with Crippen molar-refractivity contribution in [1.82, 2.24) is 20.1 Å². The highest BCUT2D eigenvalue weighted by Gasteiger charge is 2.32. The Morgan fingerprint density at radius 1 is 1.12 bits per heavy atom. The Morgan fingerprint density at radius 2 is 1.85 bits per heavy atom. The summed E-state index contributed by atoms with van der Waals surface area (Å²) in [5.41, 5.74) is 4.13. The van der Waals surface area contributed by atoms with Gasteiger partial charge in [-0.15, -0.1) is 21.5 Å². The number of carbonyl (C=O) groups excluding carboxylic acids is 1. The van der Waals surface area contributed by atoms with Crippen LogP contribution in [0.3, 0.4) is 0 Å². The smallest absolute Gasteiger partial charge is 0.222 e. The minimum absolute atomic E-state index is 0.0245. The highest BCUT2D eigenvalue weighted by Crippen LogP contribution is 2.39. The third-order valence-electron chi connectivity index (χ3n) is 6.71. The molecule has 0 saturated heterocycles. The van der Waals surface area contributed by atoms with Crippen LogP contribution in [-0.4, -0.2) is 32.4 Å². The molecule has 1 atom stereocenters. The number of rotatable bonds is 4. The molecular weight excluding hydrogens is 454 g/mol. The molecule has 5 rings (SSSR count). The van der Waals surface area contributed by atoms with Gasteiger partial charge in [0.15, 0.2) is 5.82 Å². The molecule has 1 aliphatic heterocycles. The number of aryl methyl sites for hydroxylation is 2. The average molecular weight is 482 g/mol. The van der Waals surface area contributed by atoms with Crippen LogP contribution < -0.4 is 5.32 Å². The zero-order valence-corrected chi connectivity index (χ0v) is 20.8. The molecule has 1 aromatic carbocycles. The number of carbonyl (C=O) groups is 1. The van der Waals surface area contributed by atoms with Gasteiger partial charge in [0.2, 0.25) is 5.91 Å². The number of aromatic nitrogens is 3. The first kappa shape index (κ1) is 22.3. The fourth-order valence-corrected chi connectivity index (χ4v) is 6.18. The number of nitrogens with one attached hydrogen (secondary N) is 1. The van der Waals surface area contributed by atoms with Crippen LogP contribution in [0.15, 0.2) is 29.3 Å². The standard InChI is InChI=1S/C25H28ClN5OS/c1-14-15(2)33-25-22(14)23(17-9-11-18(26)12-10-17)28-20(24-30-29-16(3)31(24)25)13-21(32)27-19-7-5-4-6-8-19/h9-12,19-20H,4-8,13H2,1-3H3,(H,27,32). The maximum absolute atomic E-state index is 13.1. The molecular formula is C25H28ClN5OS. The quantitative estimate of drug-likeness (QED) is 0.524. The van der Waals surface area contributed by atoms with E-state index in [1.54, 1.807) is 11.3 Å². The average Bonchev–Trinajstić information content (AvgIpc) is 3.27. The van der Waals surface area contributed by atoms with E-state index in [1.807, 2.05) is 31.2 Å². The van der Waals surface area contributed by atoms with Gasteiger partial charge in [-0.05, 0) is 51.3 Å². The van der Waals surface area contributed by atoms with Gasteiger partial charge in [-0.25, -0.2) is 0 Å².